The minimum Gasteiger partial charge on any atom is -0.355 e. The van der Waals surface area contributed by atoms with Gasteiger partial charge in [-0.25, -0.2) is 8.42 Å². The predicted molar refractivity (Wildman–Crippen MR) is 133 cm³/mol. The van der Waals surface area contributed by atoms with Crippen molar-refractivity contribution >= 4 is 15.9 Å². The second-order valence-corrected chi connectivity index (χ2v) is 9.94. The van der Waals surface area contributed by atoms with Gasteiger partial charge in [0.15, 0.2) is 0 Å². The van der Waals surface area contributed by atoms with E-state index in [-0.39, 0.29) is 16.7 Å². The molecule has 5 nitrogen and oxygen atoms in total. The molecule has 1 unspecified atom stereocenters. The van der Waals surface area contributed by atoms with Crippen LogP contribution in [0.25, 0.3) is 0 Å². The number of nitrogens with one attached hydrogen (secondary N) is 2. The molecule has 0 aliphatic heterocycles. The first kappa shape index (κ1) is 24.7. The van der Waals surface area contributed by atoms with E-state index in [9.17, 15) is 13.2 Å². The van der Waals surface area contributed by atoms with Crippen molar-refractivity contribution in [2.24, 2.45) is 0 Å². The summed E-state index contributed by atoms with van der Waals surface area (Å²) in [6, 6.07) is 26.2. The Morgan fingerprint density at radius 3 is 1.88 bits per heavy atom. The molecule has 0 fully saturated rings. The van der Waals surface area contributed by atoms with Gasteiger partial charge in [0.1, 0.15) is 6.04 Å². The Kier molecular flexibility index (Phi) is 8.80. The Bertz CT molecular complexity index is 1080. The fourth-order valence-electron chi connectivity index (χ4n) is 3.86. The van der Waals surface area contributed by atoms with E-state index < -0.39 is 16.1 Å². The van der Waals surface area contributed by atoms with Gasteiger partial charge in [0, 0.05) is 12.5 Å². The summed E-state index contributed by atoms with van der Waals surface area (Å²) in [4.78, 5) is 13.1. The third-order valence-electron chi connectivity index (χ3n) is 5.66. The predicted octanol–water partition coefficient (Wildman–Crippen LogP) is 4.78. The molecule has 1 amide bonds. The van der Waals surface area contributed by atoms with Crippen LogP contribution in [0.3, 0.4) is 0 Å². The molecule has 0 spiro atoms. The molecule has 3 aromatic rings. The molecule has 0 radical (unpaired) electrons. The molecule has 2 N–H and O–H groups in total. The van der Waals surface area contributed by atoms with Gasteiger partial charge in [-0.2, -0.15) is 4.72 Å². The van der Waals surface area contributed by atoms with Gasteiger partial charge < -0.3 is 5.32 Å². The molecule has 174 valence electrons. The highest BCUT2D eigenvalue weighted by Gasteiger charge is 2.25. The second-order valence-electron chi connectivity index (χ2n) is 8.23. The topological polar surface area (TPSA) is 75.3 Å². The summed E-state index contributed by atoms with van der Waals surface area (Å²) in [5, 5.41) is 2.95. The van der Waals surface area contributed by atoms with Crippen LogP contribution in [0, 0.1) is 6.92 Å². The summed E-state index contributed by atoms with van der Waals surface area (Å²) < 4.78 is 28.2. The Hall–Kier alpha value is -2.96. The average molecular weight is 465 g/mol. The Balaban J connectivity index is 1.66. The summed E-state index contributed by atoms with van der Waals surface area (Å²) in [5.74, 6) is -0.158. The zero-order chi connectivity index (χ0) is 23.7. The molecule has 1 atom stereocenters. The van der Waals surface area contributed by atoms with Crippen LogP contribution in [0.15, 0.2) is 89.8 Å². The van der Waals surface area contributed by atoms with Crippen molar-refractivity contribution in [3.05, 3.63) is 102 Å². The average Bonchev–Trinajstić information content (AvgIpc) is 2.83. The number of carbonyl (C=O) groups is 1. The molecule has 3 rings (SSSR count). The van der Waals surface area contributed by atoms with Gasteiger partial charge >= 0.3 is 0 Å². The quantitative estimate of drug-likeness (QED) is 0.429. The van der Waals surface area contributed by atoms with Gasteiger partial charge in [-0.05, 0) is 43.0 Å². The van der Waals surface area contributed by atoms with Crippen molar-refractivity contribution in [1.29, 1.82) is 0 Å². The maximum absolute atomic E-state index is 12.9. The first-order valence-corrected chi connectivity index (χ1v) is 12.9. The molecule has 0 aliphatic rings. The maximum atomic E-state index is 12.9. The van der Waals surface area contributed by atoms with Crippen LogP contribution in [0.2, 0.25) is 0 Å². The number of rotatable bonds is 11. The Morgan fingerprint density at radius 1 is 0.818 bits per heavy atom. The summed E-state index contributed by atoms with van der Waals surface area (Å²) in [6.45, 7) is 4.27. The highest BCUT2D eigenvalue weighted by atomic mass is 32.2. The fraction of sp³-hybridized carbons (Fsp3) is 0.296. The van der Waals surface area contributed by atoms with E-state index in [0.717, 1.165) is 5.56 Å². The lowest BCUT2D eigenvalue weighted by Gasteiger charge is -2.21. The molecular weight excluding hydrogens is 432 g/mol. The lowest BCUT2D eigenvalue weighted by atomic mass is 9.88. The molecule has 0 aromatic heterocycles. The Labute approximate surface area is 197 Å². The van der Waals surface area contributed by atoms with Crippen molar-refractivity contribution in [3.8, 4) is 0 Å². The van der Waals surface area contributed by atoms with E-state index in [1.807, 2.05) is 50.2 Å². The number of hydrogen-bond donors (Lipinski definition) is 2. The molecule has 0 heterocycles. The highest BCUT2D eigenvalue weighted by molar-refractivity contribution is 7.89. The van der Waals surface area contributed by atoms with Crippen LogP contribution in [0.4, 0.5) is 0 Å². The van der Waals surface area contributed by atoms with E-state index in [1.165, 1.54) is 11.1 Å². The lowest BCUT2D eigenvalue weighted by Crippen LogP contribution is -2.46. The van der Waals surface area contributed by atoms with Gasteiger partial charge in [0.2, 0.25) is 15.9 Å². The third kappa shape index (κ3) is 7.01. The van der Waals surface area contributed by atoms with Gasteiger partial charge in [-0.3, -0.25) is 4.79 Å². The van der Waals surface area contributed by atoms with Gasteiger partial charge in [-0.15, -0.1) is 0 Å². The van der Waals surface area contributed by atoms with Gasteiger partial charge in [0.05, 0.1) is 4.90 Å². The minimum absolute atomic E-state index is 0.140. The second kappa shape index (κ2) is 11.8. The van der Waals surface area contributed by atoms with Crippen LogP contribution in [0.5, 0.6) is 0 Å². The van der Waals surface area contributed by atoms with Crippen LogP contribution in [-0.4, -0.2) is 26.9 Å². The molecule has 0 aliphatic carbocycles. The van der Waals surface area contributed by atoms with Crippen LogP contribution in [-0.2, 0) is 14.8 Å². The van der Waals surface area contributed by atoms with Crippen molar-refractivity contribution in [2.45, 2.75) is 50.0 Å². The smallest absolute Gasteiger partial charge is 0.241 e. The van der Waals surface area contributed by atoms with E-state index in [4.69, 9.17) is 0 Å². The number of carbonyl (C=O) groups excluding carboxylic acids is 1. The maximum Gasteiger partial charge on any atom is 0.241 e. The van der Waals surface area contributed by atoms with E-state index in [0.29, 0.717) is 25.8 Å². The van der Waals surface area contributed by atoms with Crippen LogP contribution in [0.1, 0.15) is 48.8 Å². The summed E-state index contributed by atoms with van der Waals surface area (Å²) in [5.41, 5.74) is 3.34. The van der Waals surface area contributed by atoms with Crippen molar-refractivity contribution in [1.82, 2.24) is 10.0 Å². The van der Waals surface area contributed by atoms with Gasteiger partial charge in [-0.1, -0.05) is 91.7 Å². The lowest BCUT2D eigenvalue weighted by molar-refractivity contribution is -0.122. The first-order valence-electron chi connectivity index (χ1n) is 11.4. The number of aryl methyl sites for hydroxylation is 1. The monoisotopic (exact) mass is 464 g/mol. The molecule has 0 bridgehead atoms. The van der Waals surface area contributed by atoms with E-state index in [2.05, 4.69) is 34.3 Å². The third-order valence-corrected chi connectivity index (χ3v) is 7.15. The van der Waals surface area contributed by atoms with E-state index >= 15 is 0 Å². The number of benzene rings is 3. The fourth-order valence-corrected chi connectivity index (χ4v) is 5.09. The largest absolute Gasteiger partial charge is 0.355 e. The zero-order valence-electron chi connectivity index (χ0n) is 19.2. The molecule has 33 heavy (non-hydrogen) atoms. The zero-order valence-corrected chi connectivity index (χ0v) is 20.0. The molecule has 0 saturated carbocycles. The Morgan fingerprint density at radius 2 is 1.36 bits per heavy atom. The SMILES string of the molecule is CCCC(NS(=O)(=O)c1ccc(C)cc1)C(=O)NCCC(c1ccccc1)c1ccccc1. The molecule has 0 saturated heterocycles. The van der Waals surface area contributed by atoms with Crippen molar-refractivity contribution in [3.63, 3.8) is 0 Å². The number of sulfonamides is 1. The first-order chi connectivity index (χ1) is 15.9. The standard InChI is InChI=1S/C27H32N2O3S/c1-3-10-26(29-33(31,32)24-17-15-21(2)16-18-24)27(30)28-20-19-25(22-11-6-4-7-12-22)23-13-8-5-9-14-23/h4-9,11-18,25-26,29H,3,10,19-20H2,1-2H3,(H,28,30). The summed E-state index contributed by atoms with van der Waals surface area (Å²) >= 11 is 0. The van der Waals surface area contributed by atoms with Crippen LogP contribution < -0.4 is 10.0 Å². The molecule has 3 aromatic carbocycles. The molecular formula is C27H32N2O3S. The number of hydrogen-bond acceptors (Lipinski definition) is 3. The highest BCUT2D eigenvalue weighted by Crippen LogP contribution is 2.27. The summed E-state index contributed by atoms with van der Waals surface area (Å²) in [7, 11) is -3.78. The van der Waals surface area contributed by atoms with Crippen molar-refractivity contribution < 1.29 is 13.2 Å². The number of amides is 1. The molecule has 6 heteroatoms. The van der Waals surface area contributed by atoms with Crippen LogP contribution >= 0.6 is 0 Å². The normalized spacial score (nSPS) is 12.5. The van der Waals surface area contributed by atoms with E-state index in [1.54, 1.807) is 24.3 Å². The summed E-state index contributed by atoms with van der Waals surface area (Å²) in [6.07, 6.45) is 1.83. The van der Waals surface area contributed by atoms with Gasteiger partial charge in [0.25, 0.3) is 0 Å². The van der Waals surface area contributed by atoms with Crippen molar-refractivity contribution in [2.75, 3.05) is 6.54 Å². The minimum atomic E-state index is -3.78.